The Balaban J connectivity index is 1.40. The standard InChI is InChI=1S/C23H20FN3O2S2/c1-3-15-4-10-18(11-5-15)29-12-20-25-14(2)21(31-20)22(28)27-23-26-19(13-30-23)16-6-8-17(24)9-7-16/h4-11,13H,3,12H2,1-2H3,(H,26,27,28). The third-order valence-electron chi connectivity index (χ3n) is 4.61. The number of ether oxygens (including phenoxy) is 1. The van der Waals surface area contributed by atoms with Crippen LogP contribution in [-0.2, 0) is 13.0 Å². The Morgan fingerprint density at radius 1 is 1.10 bits per heavy atom. The summed E-state index contributed by atoms with van der Waals surface area (Å²) in [4.78, 5) is 22.1. The summed E-state index contributed by atoms with van der Waals surface area (Å²) >= 11 is 2.62. The monoisotopic (exact) mass is 453 g/mol. The lowest BCUT2D eigenvalue weighted by Crippen LogP contribution is -2.11. The molecule has 2 aromatic carbocycles. The molecule has 0 aliphatic carbocycles. The molecule has 158 valence electrons. The van der Waals surface area contributed by atoms with Gasteiger partial charge in [0.2, 0.25) is 0 Å². The summed E-state index contributed by atoms with van der Waals surface area (Å²) in [6.45, 7) is 4.21. The molecule has 0 aliphatic heterocycles. The van der Waals surface area contributed by atoms with Gasteiger partial charge >= 0.3 is 0 Å². The molecule has 0 fully saturated rings. The second-order valence-corrected chi connectivity index (χ2v) is 8.75. The van der Waals surface area contributed by atoms with E-state index in [1.807, 2.05) is 29.6 Å². The van der Waals surface area contributed by atoms with Gasteiger partial charge in [0.1, 0.15) is 28.1 Å². The SMILES string of the molecule is CCc1ccc(OCc2nc(C)c(C(=O)Nc3nc(-c4ccc(F)cc4)cs3)s2)cc1. The largest absolute Gasteiger partial charge is 0.486 e. The molecule has 5 nitrogen and oxygen atoms in total. The van der Waals surface area contributed by atoms with Crippen molar-refractivity contribution >= 4 is 33.7 Å². The number of hydrogen-bond donors (Lipinski definition) is 1. The van der Waals surface area contributed by atoms with Gasteiger partial charge in [-0.2, -0.15) is 0 Å². The molecule has 2 aromatic heterocycles. The highest BCUT2D eigenvalue weighted by atomic mass is 32.1. The molecule has 0 spiro atoms. The molecule has 0 saturated heterocycles. The van der Waals surface area contributed by atoms with Gasteiger partial charge in [0.25, 0.3) is 5.91 Å². The summed E-state index contributed by atoms with van der Waals surface area (Å²) in [6, 6.07) is 14.0. The van der Waals surface area contributed by atoms with Crippen LogP contribution in [0.2, 0.25) is 0 Å². The van der Waals surface area contributed by atoms with E-state index in [9.17, 15) is 9.18 Å². The predicted molar refractivity (Wildman–Crippen MR) is 122 cm³/mol. The minimum absolute atomic E-state index is 0.256. The van der Waals surface area contributed by atoms with Gasteiger partial charge in [-0.25, -0.2) is 14.4 Å². The first-order valence-electron chi connectivity index (χ1n) is 9.72. The zero-order valence-electron chi connectivity index (χ0n) is 17.0. The Morgan fingerprint density at radius 3 is 2.55 bits per heavy atom. The summed E-state index contributed by atoms with van der Waals surface area (Å²) in [7, 11) is 0. The molecule has 0 aliphatic rings. The zero-order chi connectivity index (χ0) is 21.8. The van der Waals surface area contributed by atoms with Gasteiger partial charge in [0.15, 0.2) is 5.13 Å². The second kappa shape index (κ2) is 9.36. The van der Waals surface area contributed by atoms with Crippen LogP contribution in [0.4, 0.5) is 9.52 Å². The maximum absolute atomic E-state index is 13.1. The van der Waals surface area contributed by atoms with E-state index in [4.69, 9.17) is 4.74 Å². The second-order valence-electron chi connectivity index (χ2n) is 6.81. The average Bonchev–Trinajstić information content (AvgIpc) is 3.39. The lowest BCUT2D eigenvalue weighted by atomic mass is 10.2. The maximum Gasteiger partial charge on any atom is 0.269 e. The van der Waals surface area contributed by atoms with Crippen LogP contribution < -0.4 is 10.1 Å². The quantitative estimate of drug-likeness (QED) is 0.367. The number of carbonyl (C=O) groups is 1. The summed E-state index contributed by atoms with van der Waals surface area (Å²) in [5, 5.41) is 5.86. The van der Waals surface area contributed by atoms with Gasteiger partial charge in [-0.3, -0.25) is 10.1 Å². The van der Waals surface area contributed by atoms with Crippen molar-refractivity contribution in [3.05, 3.63) is 80.9 Å². The Bertz CT molecular complexity index is 1180. The minimum Gasteiger partial charge on any atom is -0.486 e. The molecule has 2 heterocycles. The number of aryl methyl sites for hydroxylation is 2. The molecule has 0 saturated carbocycles. The van der Waals surface area contributed by atoms with Crippen LogP contribution in [0.5, 0.6) is 5.75 Å². The number of benzene rings is 2. The van der Waals surface area contributed by atoms with Gasteiger partial charge in [-0.1, -0.05) is 19.1 Å². The summed E-state index contributed by atoms with van der Waals surface area (Å²) < 4.78 is 18.9. The number of nitrogens with zero attached hydrogens (tertiary/aromatic N) is 2. The Hall–Kier alpha value is -3.10. The molecule has 0 radical (unpaired) electrons. The van der Waals surface area contributed by atoms with Gasteiger partial charge < -0.3 is 4.74 Å². The Labute approximate surface area is 187 Å². The van der Waals surface area contributed by atoms with Crippen molar-refractivity contribution < 1.29 is 13.9 Å². The fourth-order valence-electron chi connectivity index (χ4n) is 2.93. The highest BCUT2D eigenvalue weighted by Gasteiger charge is 2.17. The van der Waals surface area contributed by atoms with Gasteiger partial charge in [0.05, 0.1) is 11.4 Å². The third kappa shape index (κ3) is 5.15. The van der Waals surface area contributed by atoms with Crippen LogP contribution in [0.3, 0.4) is 0 Å². The Kier molecular flexibility index (Phi) is 6.39. The summed E-state index contributed by atoms with van der Waals surface area (Å²) in [6.07, 6.45) is 0.981. The highest BCUT2D eigenvalue weighted by Crippen LogP contribution is 2.27. The molecule has 31 heavy (non-hydrogen) atoms. The number of carbonyl (C=O) groups excluding carboxylic acids is 1. The first-order chi connectivity index (χ1) is 15.0. The lowest BCUT2D eigenvalue weighted by Gasteiger charge is -2.04. The van der Waals surface area contributed by atoms with Crippen molar-refractivity contribution in [1.29, 1.82) is 0 Å². The third-order valence-corrected chi connectivity index (χ3v) is 6.49. The summed E-state index contributed by atoms with van der Waals surface area (Å²) in [5.41, 5.74) is 3.38. The van der Waals surface area contributed by atoms with E-state index in [2.05, 4.69) is 22.2 Å². The topological polar surface area (TPSA) is 64.1 Å². The smallest absolute Gasteiger partial charge is 0.269 e. The zero-order valence-corrected chi connectivity index (χ0v) is 18.6. The van der Waals surface area contributed by atoms with Crippen LogP contribution in [0, 0.1) is 12.7 Å². The molecule has 0 atom stereocenters. The molecule has 1 amide bonds. The van der Waals surface area contributed by atoms with Crippen LogP contribution >= 0.6 is 22.7 Å². The van der Waals surface area contributed by atoms with E-state index in [0.29, 0.717) is 28.0 Å². The van der Waals surface area contributed by atoms with Gasteiger partial charge in [-0.05, 0) is 55.3 Å². The van der Waals surface area contributed by atoms with Crippen LogP contribution in [0.15, 0.2) is 53.9 Å². The van der Waals surface area contributed by atoms with Crippen molar-refractivity contribution in [2.24, 2.45) is 0 Å². The normalized spacial score (nSPS) is 10.8. The molecular formula is C23H20FN3O2S2. The molecule has 0 unspecified atom stereocenters. The van der Waals surface area contributed by atoms with Gasteiger partial charge in [-0.15, -0.1) is 22.7 Å². The number of anilines is 1. The maximum atomic E-state index is 13.1. The fraction of sp³-hybridized carbons (Fsp3) is 0.174. The number of rotatable bonds is 7. The number of amides is 1. The number of hydrogen-bond acceptors (Lipinski definition) is 6. The Morgan fingerprint density at radius 2 is 1.84 bits per heavy atom. The van der Waals surface area contributed by atoms with E-state index in [1.165, 1.54) is 40.4 Å². The van der Waals surface area contributed by atoms with Crippen LogP contribution in [0.1, 0.15) is 32.9 Å². The van der Waals surface area contributed by atoms with Crippen LogP contribution in [-0.4, -0.2) is 15.9 Å². The first kappa shape index (κ1) is 21.1. The van der Waals surface area contributed by atoms with Crippen molar-refractivity contribution in [2.45, 2.75) is 26.9 Å². The molecule has 4 rings (SSSR count). The molecule has 1 N–H and O–H groups in total. The summed E-state index contributed by atoms with van der Waals surface area (Å²) in [5.74, 6) is 0.214. The molecular weight excluding hydrogens is 433 g/mol. The van der Waals surface area contributed by atoms with Crippen molar-refractivity contribution in [3.63, 3.8) is 0 Å². The van der Waals surface area contributed by atoms with E-state index in [1.54, 1.807) is 19.1 Å². The first-order valence-corrected chi connectivity index (χ1v) is 11.4. The minimum atomic E-state index is -0.300. The van der Waals surface area contributed by atoms with Crippen molar-refractivity contribution in [3.8, 4) is 17.0 Å². The van der Waals surface area contributed by atoms with Crippen molar-refractivity contribution in [1.82, 2.24) is 9.97 Å². The van der Waals surface area contributed by atoms with Gasteiger partial charge in [0, 0.05) is 10.9 Å². The molecule has 4 aromatic rings. The van der Waals surface area contributed by atoms with Crippen molar-refractivity contribution in [2.75, 3.05) is 5.32 Å². The van der Waals surface area contributed by atoms with E-state index >= 15 is 0 Å². The van der Waals surface area contributed by atoms with E-state index in [-0.39, 0.29) is 11.7 Å². The van der Waals surface area contributed by atoms with E-state index in [0.717, 1.165) is 22.7 Å². The number of halogens is 1. The van der Waals surface area contributed by atoms with Crippen LogP contribution in [0.25, 0.3) is 11.3 Å². The molecule has 0 bridgehead atoms. The highest BCUT2D eigenvalue weighted by molar-refractivity contribution is 7.15. The fourth-order valence-corrected chi connectivity index (χ4v) is 4.52. The number of nitrogens with one attached hydrogen (secondary N) is 1. The lowest BCUT2D eigenvalue weighted by molar-refractivity contribution is 0.103. The predicted octanol–water partition coefficient (Wildman–Crippen LogP) is 6.11. The number of aromatic nitrogens is 2. The average molecular weight is 454 g/mol. The van der Waals surface area contributed by atoms with E-state index < -0.39 is 0 Å². The number of thiazole rings is 2. The molecule has 8 heteroatoms.